The monoisotopic (exact) mass is 266 g/mol. The molecule has 3 nitrogen and oxygen atoms in total. The zero-order valence-corrected chi connectivity index (χ0v) is 12.0. The third-order valence-corrected chi connectivity index (χ3v) is 4.93. The van der Waals surface area contributed by atoms with Gasteiger partial charge in [0.05, 0.1) is 4.88 Å². The minimum Gasteiger partial charge on any atom is -0.347 e. The van der Waals surface area contributed by atoms with Gasteiger partial charge >= 0.3 is 0 Å². The first-order valence-corrected chi connectivity index (χ1v) is 7.53. The van der Waals surface area contributed by atoms with E-state index in [1.165, 1.54) is 29.7 Å². The molecule has 1 fully saturated rings. The first-order valence-electron chi connectivity index (χ1n) is 6.71. The number of carbonyl (C=O) groups is 1. The number of hydrogen-bond acceptors (Lipinski definition) is 3. The molecular weight excluding hydrogens is 244 g/mol. The van der Waals surface area contributed by atoms with E-state index in [-0.39, 0.29) is 18.0 Å². The molecule has 1 aromatic rings. The van der Waals surface area contributed by atoms with Crippen LogP contribution in [0.5, 0.6) is 0 Å². The van der Waals surface area contributed by atoms with Crippen LogP contribution in [0.2, 0.25) is 0 Å². The van der Waals surface area contributed by atoms with Crippen LogP contribution in [0.25, 0.3) is 0 Å². The van der Waals surface area contributed by atoms with Crippen LogP contribution < -0.4 is 11.1 Å². The average molecular weight is 266 g/mol. The molecule has 2 unspecified atom stereocenters. The lowest BCUT2D eigenvalue weighted by Crippen LogP contribution is -2.46. The van der Waals surface area contributed by atoms with Crippen molar-refractivity contribution >= 4 is 17.2 Å². The highest BCUT2D eigenvalue weighted by molar-refractivity contribution is 7.14. The highest BCUT2D eigenvalue weighted by Gasteiger charge is 2.23. The van der Waals surface area contributed by atoms with E-state index in [0.29, 0.717) is 0 Å². The maximum atomic E-state index is 12.2. The van der Waals surface area contributed by atoms with Gasteiger partial charge in [0.25, 0.3) is 5.91 Å². The van der Waals surface area contributed by atoms with E-state index in [1.807, 2.05) is 19.9 Å². The number of carbonyl (C=O) groups excluding carboxylic acids is 1. The largest absolute Gasteiger partial charge is 0.347 e. The van der Waals surface area contributed by atoms with Crippen LogP contribution in [-0.4, -0.2) is 18.0 Å². The number of nitrogens with two attached hydrogens (primary N) is 1. The van der Waals surface area contributed by atoms with Gasteiger partial charge in [0, 0.05) is 17.0 Å². The molecule has 4 heteroatoms. The first-order chi connectivity index (χ1) is 8.58. The summed E-state index contributed by atoms with van der Waals surface area (Å²) in [6.45, 7) is 4.09. The molecule has 18 heavy (non-hydrogen) atoms. The van der Waals surface area contributed by atoms with Gasteiger partial charge in [-0.2, -0.15) is 0 Å². The van der Waals surface area contributed by atoms with Crippen LogP contribution >= 0.6 is 11.3 Å². The van der Waals surface area contributed by atoms with Crippen molar-refractivity contribution in [3.05, 3.63) is 21.4 Å². The van der Waals surface area contributed by atoms with Crippen molar-refractivity contribution in [1.29, 1.82) is 0 Å². The van der Waals surface area contributed by atoms with Gasteiger partial charge < -0.3 is 11.1 Å². The molecule has 3 N–H and O–H groups in total. The zero-order valence-electron chi connectivity index (χ0n) is 11.2. The molecule has 0 bridgehead atoms. The maximum Gasteiger partial charge on any atom is 0.261 e. The molecule has 1 aromatic heterocycles. The Labute approximate surface area is 113 Å². The normalized spacial score (nSPS) is 24.6. The van der Waals surface area contributed by atoms with E-state index in [4.69, 9.17) is 5.73 Å². The molecule has 0 saturated heterocycles. The fraction of sp³-hybridized carbons (Fsp3) is 0.643. The van der Waals surface area contributed by atoms with Gasteiger partial charge in [-0.15, -0.1) is 11.3 Å². The number of hydrogen-bond donors (Lipinski definition) is 2. The smallest absolute Gasteiger partial charge is 0.261 e. The summed E-state index contributed by atoms with van der Waals surface area (Å²) in [6, 6.07) is 2.22. The minimum absolute atomic E-state index is 0.0403. The second kappa shape index (κ2) is 5.85. The summed E-state index contributed by atoms with van der Waals surface area (Å²) in [4.78, 5) is 14.2. The molecule has 2 rings (SSSR count). The molecule has 0 aliphatic heterocycles. The molecule has 1 saturated carbocycles. The summed E-state index contributed by atoms with van der Waals surface area (Å²) in [5, 5.41) is 3.11. The summed E-state index contributed by atoms with van der Waals surface area (Å²) >= 11 is 1.56. The van der Waals surface area contributed by atoms with Gasteiger partial charge in [0.15, 0.2) is 0 Å². The van der Waals surface area contributed by atoms with Gasteiger partial charge in [0.2, 0.25) is 0 Å². The SMILES string of the molecule is Cc1cc(C(=O)NC2CCCCCC2N)sc1C. The van der Waals surface area contributed by atoms with Crippen LogP contribution in [0.4, 0.5) is 0 Å². The molecule has 1 aliphatic rings. The Morgan fingerprint density at radius 1 is 1.33 bits per heavy atom. The van der Waals surface area contributed by atoms with Gasteiger partial charge in [-0.05, 0) is 38.3 Å². The summed E-state index contributed by atoms with van der Waals surface area (Å²) in [5.74, 6) is 0.0403. The molecule has 0 spiro atoms. The zero-order chi connectivity index (χ0) is 13.1. The molecule has 1 heterocycles. The maximum absolute atomic E-state index is 12.2. The molecule has 1 aliphatic carbocycles. The van der Waals surface area contributed by atoms with Gasteiger partial charge in [-0.3, -0.25) is 4.79 Å². The first kappa shape index (κ1) is 13.6. The highest BCUT2D eigenvalue weighted by atomic mass is 32.1. The molecule has 1 amide bonds. The van der Waals surface area contributed by atoms with Gasteiger partial charge in [-0.25, -0.2) is 0 Å². The average Bonchev–Trinajstić information content (AvgIpc) is 2.54. The molecule has 100 valence electrons. The van der Waals surface area contributed by atoms with E-state index in [9.17, 15) is 4.79 Å². The van der Waals surface area contributed by atoms with Gasteiger partial charge in [-0.1, -0.05) is 19.3 Å². The van der Waals surface area contributed by atoms with E-state index in [0.717, 1.165) is 17.7 Å². The third-order valence-electron chi connectivity index (χ3n) is 3.78. The quantitative estimate of drug-likeness (QED) is 0.809. The van der Waals surface area contributed by atoms with Crippen LogP contribution in [0.15, 0.2) is 6.07 Å². The predicted molar refractivity (Wildman–Crippen MR) is 76.1 cm³/mol. The van der Waals surface area contributed by atoms with E-state index in [2.05, 4.69) is 5.32 Å². The topological polar surface area (TPSA) is 55.1 Å². The van der Waals surface area contributed by atoms with Crippen molar-refractivity contribution in [3.63, 3.8) is 0 Å². The summed E-state index contributed by atoms with van der Waals surface area (Å²) in [7, 11) is 0. The van der Waals surface area contributed by atoms with Crippen molar-refractivity contribution < 1.29 is 4.79 Å². The second-order valence-corrected chi connectivity index (χ2v) is 6.49. The minimum atomic E-state index is 0.0403. The number of rotatable bonds is 2. The fourth-order valence-electron chi connectivity index (χ4n) is 2.44. The van der Waals surface area contributed by atoms with Crippen LogP contribution in [0.3, 0.4) is 0 Å². The number of aryl methyl sites for hydroxylation is 2. The second-order valence-electron chi connectivity index (χ2n) is 5.23. The lowest BCUT2D eigenvalue weighted by molar-refractivity contribution is 0.0933. The molecule has 2 atom stereocenters. The Kier molecular flexibility index (Phi) is 4.40. The Bertz CT molecular complexity index is 408. The standard InChI is InChI=1S/C14H22N2OS/c1-9-8-13(18-10(9)2)14(17)16-12-7-5-3-4-6-11(12)15/h8,11-12H,3-7,15H2,1-2H3,(H,16,17). The van der Waals surface area contributed by atoms with Crippen molar-refractivity contribution in [1.82, 2.24) is 5.32 Å². The lowest BCUT2D eigenvalue weighted by Gasteiger charge is -2.22. The number of thiophene rings is 1. The van der Waals surface area contributed by atoms with Crippen molar-refractivity contribution in [3.8, 4) is 0 Å². The third kappa shape index (κ3) is 3.12. The summed E-state index contributed by atoms with van der Waals surface area (Å²) < 4.78 is 0. The van der Waals surface area contributed by atoms with Crippen molar-refractivity contribution in [2.45, 2.75) is 58.0 Å². The van der Waals surface area contributed by atoms with Gasteiger partial charge in [0.1, 0.15) is 0 Å². The molecule has 0 aromatic carbocycles. The van der Waals surface area contributed by atoms with E-state index in [1.54, 1.807) is 11.3 Å². The highest BCUT2D eigenvalue weighted by Crippen LogP contribution is 2.22. The predicted octanol–water partition coefficient (Wildman–Crippen LogP) is 2.75. The lowest BCUT2D eigenvalue weighted by atomic mass is 10.0. The molecule has 0 radical (unpaired) electrons. The molecular formula is C14H22N2OS. The van der Waals surface area contributed by atoms with E-state index >= 15 is 0 Å². The number of amides is 1. The Hall–Kier alpha value is -0.870. The van der Waals surface area contributed by atoms with Crippen molar-refractivity contribution in [2.75, 3.05) is 0 Å². The fourth-order valence-corrected chi connectivity index (χ4v) is 3.38. The van der Waals surface area contributed by atoms with Crippen LogP contribution in [0.1, 0.15) is 52.2 Å². The van der Waals surface area contributed by atoms with E-state index < -0.39 is 0 Å². The Balaban J connectivity index is 2.01. The van der Waals surface area contributed by atoms with Crippen molar-refractivity contribution in [2.24, 2.45) is 5.73 Å². The Morgan fingerprint density at radius 2 is 2.06 bits per heavy atom. The summed E-state index contributed by atoms with van der Waals surface area (Å²) in [5.41, 5.74) is 7.32. The number of nitrogens with one attached hydrogen (secondary N) is 1. The van der Waals surface area contributed by atoms with Crippen LogP contribution in [-0.2, 0) is 0 Å². The summed E-state index contributed by atoms with van der Waals surface area (Å²) in [6.07, 6.45) is 5.62. The van der Waals surface area contributed by atoms with Crippen LogP contribution in [0, 0.1) is 13.8 Å². The Morgan fingerprint density at radius 3 is 2.72 bits per heavy atom.